The van der Waals surface area contributed by atoms with E-state index >= 15 is 0 Å². The van der Waals surface area contributed by atoms with Gasteiger partial charge in [0, 0.05) is 31.6 Å². The fraction of sp³-hybridized carbons (Fsp3) is 0.824. The molecule has 2 rings (SSSR count). The van der Waals surface area contributed by atoms with Crippen molar-refractivity contribution < 1.29 is 19.5 Å². The Morgan fingerprint density at radius 2 is 1.87 bits per heavy atom. The lowest BCUT2D eigenvalue weighted by Gasteiger charge is -2.36. The molecule has 0 aliphatic carbocycles. The third-order valence-electron chi connectivity index (χ3n) is 5.19. The molecule has 130 valence electrons. The van der Waals surface area contributed by atoms with Gasteiger partial charge in [0.1, 0.15) is 0 Å². The number of amides is 2. The first-order chi connectivity index (χ1) is 10.9. The van der Waals surface area contributed by atoms with Crippen molar-refractivity contribution in [1.29, 1.82) is 0 Å². The zero-order chi connectivity index (χ0) is 17.0. The Morgan fingerprint density at radius 1 is 1.17 bits per heavy atom. The Balaban J connectivity index is 1.98. The van der Waals surface area contributed by atoms with Gasteiger partial charge < -0.3 is 14.9 Å². The number of carbonyl (C=O) groups excluding carboxylic acids is 2. The third-order valence-corrected chi connectivity index (χ3v) is 5.19. The fourth-order valence-corrected chi connectivity index (χ4v) is 3.64. The number of carbonyl (C=O) groups is 3. The molecule has 2 heterocycles. The van der Waals surface area contributed by atoms with Crippen LogP contribution in [0.1, 0.15) is 52.4 Å². The maximum Gasteiger partial charge on any atom is 0.305 e. The summed E-state index contributed by atoms with van der Waals surface area (Å²) in [5.41, 5.74) is 0. The SMILES string of the molecule is CCC(C)C(=O)N1CCCC(C(=O)N2CCCC2CC(=O)O)C1. The highest BCUT2D eigenvalue weighted by atomic mass is 16.4. The van der Waals surface area contributed by atoms with E-state index in [2.05, 4.69) is 0 Å². The van der Waals surface area contributed by atoms with Crippen LogP contribution in [-0.2, 0) is 14.4 Å². The van der Waals surface area contributed by atoms with Crippen LogP contribution < -0.4 is 0 Å². The molecule has 1 N–H and O–H groups in total. The van der Waals surface area contributed by atoms with Crippen molar-refractivity contribution in [2.75, 3.05) is 19.6 Å². The molecule has 3 unspecified atom stereocenters. The Hall–Kier alpha value is -1.59. The molecule has 0 aromatic rings. The minimum atomic E-state index is -0.855. The quantitative estimate of drug-likeness (QED) is 0.835. The number of hydrogen-bond acceptors (Lipinski definition) is 3. The molecule has 2 amide bonds. The van der Waals surface area contributed by atoms with Crippen LogP contribution in [0.5, 0.6) is 0 Å². The highest BCUT2D eigenvalue weighted by Crippen LogP contribution is 2.27. The van der Waals surface area contributed by atoms with Gasteiger partial charge in [-0.1, -0.05) is 13.8 Å². The zero-order valence-electron chi connectivity index (χ0n) is 14.2. The van der Waals surface area contributed by atoms with E-state index < -0.39 is 5.97 Å². The first-order valence-electron chi connectivity index (χ1n) is 8.75. The predicted molar refractivity (Wildman–Crippen MR) is 85.7 cm³/mol. The Morgan fingerprint density at radius 3 is 2.52 bits per heavy atom. The number of carboxylic acid groups (broad SMARTS) is 1. The molecular weight excluding hydrogens is 296 g/mol. The molecule has 2 fully saturated rings. The summed E-state index contributed by atoms with van der Waals surface area (Å²) in [6.07, 6.45) is 4.09. The molecule has 23 heavy (non-hydrogen) atoms. The number of likely N-dealkylation sites (tertiary alicyclic amines) is 2. The lowest BCUT2D eigenvalue weighted by atomic mass is 9.94. The fourth-order valence-electron chi connectivity index (χ4n) is 3.64. The Kier molecular flexibility index (Phi) is 6.02. The van der Waals surface area contributed by atoms with E-state index in [1.165, 1.54) is 0 Å². The van der Waals surface area contributed by atoms with Crippen LogP contribution in [0.15, 0.2) is 0 Å². The minimum absolute atomic E-state index is 0.00426. The molecule has 0 radical (unpaired) electrons. The van der Waals surface area contributed by atoms with Gasteiger partial charge in [-0.15, -0.1) is 0 Å². The monoisotopic (exact) mass is 324 g/mol. The standard InChI is InChI=1S/C17H28N2O4/c1-3-12(2)16(22)18-8-4-6-13(11-18)17(23)19-9-5-7-14(19)10-15(20)21/h12-14H,3-11H2,1-2H3,(H,20,21). The van der Waals surface area contributed by atoms with Gasteiger partial charge in [0.25, 0.3) is 0 Å². The minimum Gasteiger partial charge on any atom is -0.481 e. The Bertz CT molecular complexity index is 466. The average molecular weight is 324 g/mol. The molecule has 0 aromatic carbocycles. The van der Waals surface area contributed by atoms with Crippen LogP contribution in [-0.4, -0.2) is 58.4 Å². The normalized spacial score (nSPS) is 26.2. The van der Waals surface area contributed by atoms with Crippen molar-refractivity contribution in [3.05, 3.63) is 0 Å². The van der Waals surface area contributed by atoms with Crippen molar-refractivity contribution in [1.82, 2.24) is 9.80 Å². The Labute approximate surface area is 137 Å². The van der Waals surface area contributed by atoms with Gasteiger partial charge in [-0.25, -0.2) is 0 Å². The third kappa shape index (κ3) is 4.24. The topological polar surface area (TPSA) is 77.9 Å². The molecule has 6 heteroatoms. The number of carboxylic acids is 1. The van der Waals surface area contributed by atoms with Crippen LogP contribution in [0.25, 0.3) is 0 Å². The van der Waals surface area contributed by atoms with Gasteiger partial charge in [0.15, 0.2) is 0 Å². The first kappa shape index (κ1) is 17.8. The zero-order valence-corrected chi connectivity index (χ0v) is 14.2. The van der Waals surface area contributed by atoms with Crippen molar-refractivity contribution in [3.8, 4) is 0 Å². The highest BCUT2D eigenvalue weighted by molar-refractivity contribution is 5.83. The molecule has 0 spiro atoms. The van der Waals surface area contributed by atoms with Crippen molar-refractivity contribution in [2.45, 2.75) is 58.4 Å². The van der Waals surface area contributed by atoms with Gasteiger partial charge >= 0.3 is 5.97 Å². The number of nitrogens with zero attached hydrogens (tertiary/aromatic N) is 2. The van der Waals surface area contributed by atoms with Crippen LogP contribution in [0.4, 0.5) is 0 Å². The van der Waals surface area contributed by atoms with Gasteiger partial charge in [-0.2, -0.15) is 0 Å². The lowest BCUT2D eigenvalue weighted by molar-refractivity contribution is -0.144. The van der Waals surface area contributed by atoms with E-state index in [0.29, 0.717) is 13.1 Å². The second kappa shape index (κ2) is 7.79. The van der Waals surface area contributed by atoms with E-state index in [0.717, 1.165) is 38.6 Å². The summed E-state index contributed by atoms with van der Waals surface area (Å²) in [4.78, 5) is 39.7. The van der Waals surface area contributed by atoms with Crippen molar-refractivity contribution in [3.63, 3.8) is 0 Å². The second-order valence-corrected chi connectivity index (χ2v) is 6.86. The second-order valence-electron chi connectivity index (χ2n) is 6.86. The first-order valence-corrected chi connectivity index (χ1v) is 8.75. The van der Waals surface area contributed by atoms with E-state index in [9.17, 15) is 14.4 Å². The lowest BCUT2D eigenvalue weighted by Crippen LogP contribution is -2.49. The predicted octanol–water partition coefficient (Wildman–Crippen LogP) is 1.74. The molecule has 6 nitrogen and oxygen atoms in total. The smallest absolute Gasteiger partial charge is 0.305 e. The maximum absolute atomic E-state index is 12.8. The summed E-state index contributed by atoms with van der Waals surface area (Å²) < 4.78 is 0. The van der Waals surface area contributed by atoms with Crippen LogP contribution >= 0.6 is 0 Å². The van der Waals surface area contributed by atoms with E-state index in [1.807, 2.05) is 18.7 Å². The molecule has 0 bridgehead atoms. The maximum atomic E-state index is 12.8. The molecule has 2 saturated heterocycles. The summed E-state index contributed by atoms with van der Waals surface area (Å²) in [6.45, 7) is 5.78. The van der Waals surface area contributed by atoms with Crippen LogP contribution in [0.3, 0.4) is 0 Å². The van der Waals surface area contributed by atoms with Crippen LogP contribution in [0.2, 0.25) is 0 Å². The van der Waals surface area contributed by atoms with Gasteiger partial charge in [-0.3, -0.25) is 14.4 Å². The molecular formula is C17H28N2O4. The number of hydrogen-bond donors (Lipinski definition) is 1. The molecule has 0 aromatic heterocycles. The van der Waals surface area contributed by atoms with Gasteiger partial charge in [0.05, 0.1) is 12.3 Å². The summed E-state index contributed by atoms with van der Waals surface area (Å²) >= 11 is 0. The molecule has 2 aliphatic rings. The summed E-state index contributed by atoms with van der Waals surface area (Å²) in [5, 5.41) is 9.00. The summed E-state index contributed by atoms with van der Waals surface area (Å²) in [5.74, 6) is -0.864. The van der Waals surface area contributed by atoms with Gasteiger partial charge in [-0.05, 0) is 32.1 Å². The molecule has 2 aliphatic heterocycles. The number of piperidine rings is 1. The average Bonchev–Trinajstić information content (AvgIpc) is 3.00. The van der Waals surface area contributed by atoms with Crippen molar-refractivity contribution >= 4 is 17.8 Å². The highest BCUT2D eigenvalue weighted by Gasteiger charge is 2.37. The van der Waals surface area contributed by atoms with Crippen molar-refractivity contribution in [2.24, 2.45) is 11.8 Å². The van der Waals surface area contributed by atoms with E-state index in [4.69, 9.17) is 5.11 Å². The number of aliphatic carboxylic acids is 1. The van der Waals surface area contributed by atoms with E-state index in [1.54, 1.807) is 4.90 Å². The van der Waals surface area contributed by atoms with E-state index in [-0.39, 0.29) is 36.1 Å². The van der Waals surface area contributed by atoms with Crippen LogP contribution in [0, 0.1) is 11.8 Å². The molecule has 3 atom stereocenters. The van der Waals surface area contributed by atoms with Gasteiger partial charge in [0.2, 0.25) is 11.8 Å². The summed E-state index contributed by atoms with van der Waals surface area (Å²) in [6, 6.07) is -0.180. The number of rotatable bonds is 5. The largest absolute Gasteiger partial charge is 0.481 e. The summed E-state index contributed by atoms with van der Waals surface area (Å²) in [7, 11) is 0. The molecule has 0 saturated carbocycles.